The van der Waals surface area contributed by atoms with Gasteiger partial charge in [0.15, 0.2) is 0 Å². The van der Waals surface area contributed by atoms with Gasteiger partial charge in [-0.05, 0) is 12.5 Å². The van der Waals surface area contributed by atoms with E-state index < -0.39 is 5.92 Å². The number of carbonyl (C=O) groups is 1. The van der Waals surface area contributed by atoms with Gasteiger partial charge >= 0.3 is 0 Å². The molecule has 0 aliphatic heterocycles. The summed E-state index contributed by atoms with van der Waals surface area (Å²) < 4.78 is 0. The fourth-order valence-corrected chi connectivity index (χ4v) is 1.65. The van der Waals surface area contributed by atoms with Crippen molar-refractivity contribution in [2.24, 2.45) is 0 Å². The van der Waals surface area contributed by atoms with Crippen LogP contribution in [0.2, 0.25) is 0 Å². The first kappa shape index (κ1) is 13.2. The highest BCUT2D eigenvalue weighted by Gasteiger charge is 2.24. The monoisotopic (exact) mass is 232 g/mol. The van der Waals surface area contributed by atoms with Crippen LogP contribution in [0, 0.1) is 11.3 Å². The number of hydrogen-bond acceptors (Lipinski definition) is 3. The van der Waals surface area contributed by atoms with Crippen LogP contribution in [0.4, 0.5) is 0 Å². The van der Waals surface area contributed by atoms with Crippen molar-refractivity contribution >= 4 is 5.91 Å². The molecular formula is C13H16N2O2. The second kappa shape index (κ2) is 6.66. The van der Waals surface area contributed by atoms with Crippen LogP contribution in [0.25, 0.3) is 0 Å². The molecule has 1 N–H and O–H groups in total. The van der Waals surface area contributed by atoms with Gasteiger partial charge in [-0.3, -0.25) is 4.79 Å². The van der Waals surface area contributed by atoms with Crippen molar-refractivity contribution in [3.05, 3.63) is 35.9 Å². The number of carbonyl (C=O) groups excluding carboxylic acids is 1. The average molecular weight is 232 g/mol. The Morgan fingerprint density at radius 2 is 2.12 bits per heavy atom. The number of rotatable bonds is 5. The standard InChI is InChI=1S/C13H16N2O2/c1-2-15(8-9-16)13(17)12(10-14)11-6-4-3-5-7-11/h3-7,12,16H,2,8-9H2,1H3. The lowest BCUT2D eigenvalue weighted by Gasteiger charge is -2.22. The molecular weight excluding hydrogens is 216 g/mol. The van der Waals surface area contributed by atoms with Crippen molar-refractivity contribution in [2.45, 2.75) is 12.8 Å². The molecule has 0 heterocycles. The molecule has 90 valence electrons. The second-order valence-electron chi connectivity index (χ2n) is 3.61. The third-order valence-electron chi connectivity index (χ3n) is 2.57. The van der Waals surface area contributed by atoms with E-state index in [-0.39, 0.29) is 19.1 Å². The molecule has 0 bridgehead atoms. The van der Waals surface area contributed by atoms with Gasteiger partial charge in [-0.2, -0.15) is 5.26 Å². The molecule has 0 radical (unpaired) electrons. The van der Waals surface area contributed by atoms with Crippen molar-refractivity contribution in [1.82, 2.24) is 4.90 Å². The Morgan fingerprint density at radius 3 is 2.59 bits per heavy atom. The van der Waals surface area contributed by atoms with E-state index in [1.165, 1.54) is 4.90 Å². The number of hydrogen-bond donors (Lipinski definition) is 1. The largest absolute Gasteiger partial charge is 0.395 e. The summed E-state index contributed by atoms with van der Waals surface area (Å²) in [5.74, 6) is -1.04. The normalized spacial score (nSPS) is 11.6. The van der Waals surface area contributed by atoms with Crippen molar-refractivity contribution in [1.29, 1.82) is 5.26 Å². The second-order valence-corrected chi connectivity index (χ2v) is 3.61. The lowest BCUT2D eigenvalue weighted by Crippen LogP contribution is -2.36. The minimum atomic E-state index is -0.789. The molecule has 4 heteroatoms. The molecule has 0 saturated heterocycles. The van der Waals surface area contributed by atoms with Crippen molar-refractivity contribution in [3.63, 3.8) is 0 Å². The lowest BCUT2D eigenvalue weighted by atomic mass is 9.99. The van der Waals surface area contributed by atoms with Crippen LogP contribution in [0.3, 0.4) is 0 Å². The summed E-state index contributed by atoms with van der Waals surface area (Å²) in [4.78, 5) is 13.6. The summed E-state index contributed by atoms with van der Waals surface area (Å²) in [6.45, 7) is 2.49. The number of benzene rings is 1. The van der Waals surface area contributed by atoms with Gasteiger partial charge in [0.2, 0.25) is 5.91 Å². The zero-order chi connectivity index (χ0) is 12.7. The number of amides is 1. The first-order valence-corrected chi connectivity index (χ1v) is 5.58. The van der Waals surface area contributed by atoms with E-state index in [0.29, 0.717) is 12.1 Å². The van der Waals surface area contributed by atoms with Crippen LogP contribution in [-0.4, -0.2) is 35.6 Å². The van der Waals surface area contributed by atoms with Crippen molar-refractivity contribution < 1.29 is 9.90 Å². The van der Waals surface area contributed by atoms with Gasteiger partial charge in [0.1, 0.15) is 5.92 Å². The maximum atomic E-state index is 12.1. The predicted molar refractivity (Wildman–Crippen MR) is 64.1 cm³/mol. The van der Waals surface area contributed by atoms with E-state index in [4.69, 9.17) is 10.4 Å². The molecule has 1 aromatic carbocycles. The summed E-state index contributed by atoms with van der Waals surface area (Å²) in [6, 6.07) is 11.0. The van der Waals surface area contributed by atoms with Gasteiger partial charge < -0.3 is 10.0 Å². The smallest absolute Gasteiger partial charge is 0.244 e. The minimum absolute atomic E-state index is 0.0908. The Morgan fingerprint density at radius 1 is 1.47 bits per heavy atom. The van der Waals surface area contributed by atoms with E-state index in [1.54, 1.807) is 24.3 Å². The highest BCUT2D eigenvalue weighted by atomic mass is 16.3. The summed E-state index contributed by atoms with van der Waals surface area (Å²) in [6.07, 6.45) is 0. The Kier molecular flexibility index (Phi) is 5.18. The molecule has 17 heavy (non-hydrogen) atoms. The zero-order valence-electron chi connectivity index (χ0n) is 9.84. The number of likely N-dealkylation sites (N-methyl/N-ethyl adjacent to an activating group) is 1. The van der Waals surface area contributed by atoms with Crippen LogP contribution < -0.4 is 0 Å². The molecule has 1 unspecified atom stereocenters. The van der Waals surface area contributed by atoms with E-state index >= 15 is 0 Å². The lowest BCUT2D eigenvalue weighted by molar-refractivity contribution is -0.131. The SMILES string of the molecule is CCN(CCO)C(=O)C(C#N)c1ccccc1. The zero-order valence-corrected chi connectivity index (χ0v) is 9.84. The Hall–Kier alpha value is -1.86. The summed E-state index contributed by atoms with van der Waals surface area (Å²) in [7, 11) is 0. The molecule has 1 aromatic rings. The number of nitrogens with zero attached hydrogens (tertiary/aromatic N) is 2. The molecule has 0 aliphatic carbocycles. The fraction of sp³-hybridized carbons (Fsp3) is 0.385. The van der Waals surface area contributed by atoms with E-state index in [1.807, 2.05) is 19.1 Å². The fourth-order valence-electron chi connectivity index (χ4n) is 1.65. The molecule has 4 nitrogen and oxygen atoms in total. The Balaban J connectivity index is 2.88. The molecule has 1 atom stereocenters. The quantitative estimate of drug-likeness (QED) is 0.827. The van der Waals surface area contributed by atoms with Crippen LogP contribution in [-0.2, 0) is 4.79 Å². The molecule has 0 aromatic heterocycles. The summed E-state index contributed by atoms with van der Waals surface area (Å²) >= 11 is 0. The minimum Gasteiger partial charge on any atom is -0.395 e. The molecule has 0 fully saturated rings. The topological polar surface area (TPSA) is 64.3 Å². The summed E-state index contributed by atoms with van der Waals surface area (Å²) in [5.41, 5.74) is 0.691. The molecule has 0 aliphatic rings. The summed E-state index contributed by atoms with van der Waals surface area (Å²) in [5, 5.41) is 18.0. The Labute approximate surface area is 101 Å². The Bertz CT molecular complexity index is 398. The van der Waals surface area contributed by atoms with E-state index in [0.717, 1.165) is 0 Å². The number of nitriles is 1. The molecule has 1 amide bonds. The van der Waals surface area contributed by atoms with Gasteiger partial charge in [-0.15, -0.1) is 0 Å². The van der Waals surface area contributed by atoms with E-state index in [9.17, 15) is 4.79 Å². The van der Waals surface area contributed by atoms with Gasteiger partial charge in [0.05, 0.1) is 12.7 Å². The molecule has 1 rings (SSSR count). The van der Waals surface area contributed by atoms with Gasteiger partial charge in [-0.1, -0.05) is 30.3 Å². The average Bonchev–Trinajstić information content (AvgIpc) is 2.38. The third kappa shape index (κ3) is 3.30. The van der Waals surface area contributed by atoms with Crippen LogP contribution in [0.15, 0.2) is 30.3 Å². The van der Waals surface area contributed by atoms with Gasteiger partial charge in [0, 0.05) is 13.1 Å². The predicted octanol–water partition coefficient (Wildman–Crippen LogP) is 1.13. The first-order valence-electron chi connectivity index (χ1n) is 5.58. The first-order chi connectivity index (χ1) is 8.24. The maximum absolute atomic E-state index is 12.1. The molecule has 0 spiro atoms. The molecule has 0 saturated carbocycles. The van der Waals surface area contributed by atoms with Crippen molar-refractivity contribution in [2.75, 3.05) is 19.7 Å². The van der Waals surface area contributed by atoms with Gasteiger partial charge in [0.25, 0.3) is 0 Å². The number of aliphatic hydroxyl groups is 1. The number of aliphatic hydroxyl groups excluding tert-OH is 1. The van der Waals surface area contributed by atoms with Crippen LogP contribution in [0.5, 0.6) is 0 Å². The van der Waals surface area contributed by atoms with E-state index in [2.05, 4.69) is 0 Å². The van der Waals surface area contributed by atoms with Gasteiger partial charge in [-0.25, -0.2) is 0 Å². The maximum Gasteiger partial charge on any atom is 0.244 e. The highest BCUT2D eigenvalue weighted by molar-refractivity contribution is 5.86. The van der Waals surface area contributed by atoms with Crippen LogP contribution >= 0.6 is 0 Å². The van der Waals surface area contributed by atoms with Crippen molar-refractivity contribution in [3.8, 4) is 6.07 Å². The van der Waals surface area contributed by atoms with Crippen LogP contribution in [0.1, 0.15) is 18.4 Å². The third-order valence-corrected chi connectivity index (χ3v) is 2.57. The highest BCUT2D eigenvalue weighted by Crippen LogP contribution is 2.17.